The number of nitrogens with zero attached hydrogens (tertiary/aromatic N) is 4. The lowest BCUT2D eigenvalue weighted by Crippen LogP contribution is -2.42. The fourth-order valence-electron chi connectivity index (χ4n) is 5.01. The Morgan fingerprint density at radius 2 is 1.94 bits per heavy atom. The van der Waals surface area contributed by atoms with Gasteiger partial charge in [-0.3, -0.25) is 14.5 Å². The molecule has 0 saturated carbocycles. The number of hydrogen-bond donors (Lipinski definition) is 1. The third-order valence-corrected chi connectivity index (χ3v) is 6.76. The van der Waals surface area contributed by atoms with Crippen molar-refractivity contribution >= 4 is 27.7 Å². The highest BCUT2D eigenvalue weighted by molar-refractivity contribution is 6.07. The van der Waals surface area contributed by atoms with Crippen LogP contribution in [-0.4, -0.2) is 50.8 Å². The lowest BCUT2D eigenvalue weighted by Gasteiger charge is -2.22. The predicted molar refractivity (Wildman–Crippen MR) is 130 cm³/mol. The number of benzene rings is 2. The van der Waals surface area contributed by atoms with E-state index < -0.39 is 0 Å². The van der Waals surface area contributed by atoms with Crippen molar-refractivity contribution in [1.82, 2.24) is 24.6 Å². The van der Waals surface area contributed by atoms with E-state index in [0.717, 1.165) is 47.8 Å². The number of halogens is 1. The van der Waals surface area contributed by atoms with Crippen LogP contribution in [0.5, 0.6) is 0 Å². The van der Waals surface area contributed by atoms with Crippen LogP contribution in [0.4, 0.5) is 4.39 Å². The molecule has 0 aliphatic carbocycles. The minimum Gasteiger partial charge on any atom is -0.353 e. The van der Waals surface area contributed by atoms with E-state index in [0.29, 0.717) is 24.6 Å². The zero-order valence-electron chi connectivity index (χ0n) is 19.2. The van der Waals surface area contributed by atoms with Gasteiger partial charge in [-0.05, 0) is 49.7 Å². The molecule has 1 saturated heterocycles. The monoisotopic (exact) mass is 461 g/mol. The number of nitrogens with one attached hydrogen (secondary N) is 1. The van der Waals surface area contributed by atoms with Gasteiger partial charge in [-0.1, -0.05) is 37.3 Å². The topological polar surface area (TPSA) is 72.2 Å². The molecule has 0 bridgehead atoms. The summed E-state index contributed by atoms with van der Waals surface area (Å²) >= 11 is 0. The number of fused-ring (bicyclic) bond motifs is 3. The maximum atomic E-state index is 13.5. The molecule has 0 spiro atoms. The van der Waals surface area contributed by atoms with E-state index >= 15 is 0 Å². The van der Waals surface area contributed by atoms with Gasteiger partial charge < -0.3 is 9.88 Å². The second kappa shape index (κ2) is 9.38. The Morgan fingerprint density at radius 3 is 2.74 bits per heavy atom. The van der Waals surface area contributed by atoms with Gasteiger partial charge in [0.15, 0.2) is 0 Å². The van der Waals surface area contributed by atoms with Gasteiger partial charge in [-0.15, -0.1) is 0 Å². The number of hydrogen-bond acceptors (Lipinski definition) is 4. The molecule has 1 atom stereocenters. The Bertz CT molecular complexity index is 1390. The van der Waals surface area contributed by atoms with Crippen molar-refractivity contribution in [1.29, 1.82) is 0 Å². The Kier molecular flexibility index (Phi) is 6.15. The largest absolute Gasteiger partial charge is 0.353 e. The van der Waals surface area contributed by atoms with Crippen molar-refractivity contribution in [3.63, 3.8) is 0 Å². The predicted octanol–water partition coefficient (Wildman–Crippen LogP) is 3.14. The smallest absolute Gasteiger partial charge is 0.291 e. The number of amides is 1. The summed E-state index contributed by atoms with van der Waals surface area (Å²) in [6, 6.07) is 14.4. The first-order chi connectivity index (χ1) is 16.5. The van der Waals surface area contributed by atoms with E-state index in [9.17, 15) is 14.0 Å². The zero-order chi connectivity index (χ0) is 23.7. The lowest BCUT2D eigenvalue weighted by atomic mass is 10.2. The molecule has 8 heteroatoms. The van der Waals surface area contributed by atoms with Gasteiger partial charge in [0.25, 0.3) is 5.56 Å². The SMILES string of the molecule is CCN1CCC[C@@H]1CNC(=O)Cn1ncc2c3ccccc3n(Cc3ccc(F)cc3)c2c1=O. The number of likely N-dealkylation sites (N-methyl/N-ethyl adjacent to an activating group) is 1. The fraction of sp³-hybridized carbons (Fsp3) is 0.346. The summed E-state index contributed by atoms with van der Waals surface area (Å²) < 4.78 is 16.6. The first-order valence-electron chi connectivity index (χ1n) is 11.8. The lowest BCUT2D eigenvalue weighted by molar-refractivity contribution is -0.122. The van der Waals surface area contributed by atoms with E-state index in [1.165, 1.54) is 16.8 Å². The van der Waals surface area contributed by atoms with Gasteiger partial charge >= 0.3 is 0 Å². The van der Waals surface area contributed by atoms with Crippen LogP contribution in [0.15, 0.2) is 59.5 Å². The van der Waals surface area contributed by atoms with Crippen molar-refractivity contribution < 1.29 is 9.18 Å². The van der Waals surface area contributed by atoms with Crippen LogP contribution in [-0.2, 0) is 17.9 Å². The van der Waals surface area contributed by atoms with Crippen LogP contribution in [0.3, 0.4) is 0 Å². The highest BCUT2D eigenvalue weighted by Crippen LogP contribution is 2.27. The third-order valence-electron chi connectivity index (χ3n) is 6.76. The summed E-state index contributed by atoms with van der Waals surface area (Å²) in [5.74, 6) is -0.527. The molecule has 1 aliphatic heterocycles. The van der Waals surface area contributed by atoms with Crippen LogP contribution in [0.2, 0.25) is 0 Å². The highest BCUT2D eigenvalue weighted by Gasteiger charge is 2.23. The molecule has 0 unspecified atom stereocenters. The average Bonchev–Trinajstić information content (AvgIpc) is 3.44. The zero-order valence-corrected chi connectivity index (χ0v) is 19.2. The Balaban J connectivity index is 1.45. The van der Waals surface area contributed by atoms with Gasteiger partial charge in [-0.2, -0.15) is 5.10 Å². The maximum absolute atomic E-state index is 13.5. The van der Waals surface area contributed by atoms with Crippen molar-refractivity contribution in [2.24, 2.45) is 0 Å². The summed E-state index contributed by atoms with van der Waals surface area (Å²) in [4.78, 5) is 28.5. The maximum Gasteiger partial charge on any atom is 0.291 e. The van der Waals surface area contributed by atoms with Gasteiger partial charge in [-0.25, -0.2) is 9.07 Å². The number of likely N-dealkylation sites (tertiary alicyclic amines) is 1. The van der Waals surface area contributed by atoms with E-state index in [1.807, 2.05) is 28.8 Å². The normalized spacial score (nSPS) is 16.5. The summed E-state index contributed by atoms with van der Waals surface area (Å²) in [7, 11) is 0. The Labute approximate surface area is 196 Å². The summed E-state index contributed by atoms with van der Waals surface area (Å²) in [5.41, 5.74) is 1.94. The van der Waals surface area contributed by atoms with Crippen molar-refractivity contribution in [2.75, 3.05) is 19.6 Å². The molecule has 34 heavy (non-hydrogen) atoms. The van der Waals surface area contributed by atoms with Crippen LogP contribution in [0.25, 0.3) is 21.8 Å². The molecule has 2 aromatic heterocycles. The molecule has 3 heterocycles. The number of para-hydroxylation sites is 1. The second-order valence-electron chi connectivity index (χ2n) is 8.83. The summed E-state index contributed by atoms with van der Waals surface area (Å²) in [5, 5.41) is 8.94. The minimum atomic E-state index is -0.318. The van der Waals surface area contributed by atoms with Gasteiger partial charge in [0.1, 0.15) is 17.9 Å². The van der Waals surface area contributed by atoms with E-state index in [-0.39, 0.29) is 23.8 Å². The molecule has 5 rings (SSSR count). The van der Waals surface area contributed by atoms with E-state index in [1.54, 1.807) is 18.3 Å². The summed E-state index contributed by atoms with van der Waals surface area (Å²) in [6.07, 6.45) is 3.87. The molecule has 1 N–H and O–H groups in total. The minimum absolute atomic E-state index is 0.133. The second-order valence-corrected chi connectivity index (χ2v) is 8.83. The van der Waals surface area contributed by atoms with Gasteiger partial charge in [0, 0.05) is 35.4 Å². The molecule has 7 nitrogen and oxygen atoms in total. The van der Waals surface area contributed by atoms with Gasteiger partial charge in [0.2, 0.25) is 5.91 Å². The molecule has 2 aromatic carbocycles. The first-order valence-corrected chi connectivity index (χ1v) is 11.8. The van der Waals surface area contributed by atoms with Crippen molar-refractivity contribution in [3.8, 4) is 0 Å². The highest BCUT2D eigenvalue weighted by atomic mass is 19.1. The fourth-order valence-corrected chi connectivity index (χ4v) is 5.01. The van der Waals surface area contributed by atoms with Crippen LogP contribution in [0.1, 0.15) is 25.3 Å². The van der Waals surface area contributed by atoms with Crippen molar-refractivity contribution in [3.05, 3.63) is 76.5 Å². The molecule has 176 valence electrons. The molecular formula is C26H28FN5O2. The van der Waals surface area contributed by atoms with E-state index in [4.69, 9.17) is 0 Å². The Hall–Kier alpha value is -3.52. The van der Waals surface area contributed by atoms with Gasteiger partial charge in [0.05, 0.1) is 6.20 Å². The number of aromatic nitrogens is 3. The molecule has 1 fully saturated rings. The molecule has 0 radical (unpaired) electrons. The van der Waals surface area contributed by atoms with E-state index in [2.05, 4.69) is 22.2 Å². The quantitative estimate of drug-likeness (QED) is 0.459. The molecule has 1 amide bonds. The van der Waals surface area contributed by atoms with Crippen LogP contribution < -0.4 is 10.9 Å². The Morgan fingerprint density at radius 1 is 1.15 bits per heavy atom. The number of carbonyl (C=O) groups excluding carboxylic acids is 1. The molecular weight excluding hydrogens is 433 g/mol. The first kappa shape index (κ1) is 22.3. The summed E-state index contributed by atoms with van der Waals surface area (Å²) in [6.45, 7) is 5.01. The molecule has 4 aromatic rings. The van der Waals surface area contributed by atoms with Crippen molar-refractivity contribution in [2.45, 2.75) is 38.9 Å². The standard InChI is InChI=1S/C26H28FN5O2/c1-2-30-13-5-6-20(30)14-28-24(33)17-32-26(34)25-22(15-29-32)21-7-3-4-8-23(21)31(25)16-18-9-11-19(27)12-10-18/h3-4,7-12,15,20H,2,5-6,13-14,16-17H2,1H3,(H,28,33)/t20-/m1/s1. The number of rotatable bonds is 7. The average molecular weight is 462 g/mol. The third kappa shape index (κ3) is 4.21. The number of carbonyl (C=O) groups is 1. The van der Waals surface area contributed by atoms with Crippen LogP contribution in [0, 0.1) is 5.82 Å². The molecule has 1 aliphatic rings. The van der Waals surface area contributed by atoms with Crippen LogP contribution >= 0.6 is 0 Å².